The maximum absolute atomic E-state index is 11.9. The fraction of sp³-hybridized carbons (Fsp3) is 0.125. The van der Waals surface area contributed by atoms with E-state index < -0.39 is 0 Å². The number of ether oxygens (including phenoxy) is 1. The summed E-state index contributed by atoms with van der Waals surface area (Å²) in [6, 6.07) is 11.1. The number of hydrogen-bond donors (Lipinski definition) is 3. The first kappa shape index (κ1) is 17.9. The molecule has 0 atom stereocenters. The summed E-state index contributed by atoms with van der Waals surface area (Å²) in [6.45, 7) is -0.214. The number of carbonyl (C=O) groups excluding carboxylic acids is 2. The van der Waals surface area contributed by atoms with Gasteiger partial charge in [0.25, 0.3) is 5.91 Å². The van der Waals surface area contributed by atoms with Crippen LogP contribution in [0.1, 0.15) is 0 Å². The zero-order valence-corrected chi connectivity index (χ0v) is 14.2. The van der Waals surface area contributed by atoms with E-state index in [2.05, 4.69) is 16.0 Å². The van der Waals surface area contributed by atoms with Gasteiger partial charge in [-0.05, 0) is 36.4 Å². The van der Waals surface area contributed by atoms with Gasteiger partial charge in [-0.1, -0.05) is 29.3 Å². The van der Waals surface area contributed by atoms with Crippen molar-refractivity contribution in [3.05, 3.63) is 52.5 Å². The number of urea groups is 1. The van der Waals surface area contributed by atoms with E-state index in [0.717, 1.165) is 0 Å². The molecule has 3 N–H and O–H groups in total. The van der Waals surface area contributed by atoms with Crippen molar-refractivity contribution in [2.24, 2.45) is 0 Å². The van der Waals surface area contributed by atoms with Crippen LogP contribution in [0, 0.1) is 0 Å². The molecule has 0 aromatic heterocycles. The zero-order chi connectivity index (χ0) is 17.5. The molecule has 6 nitrogen and oxygen atoms in total. The van der Waals surface area contributed by atoms with E-state index in [1.54, 1.807) is 36.4 Å². The number of amides is 3. The minimum atomic E-state index is -0.363. The first-order valence-corrected chi connectivity index (χ1v) is 7.70. The minimum absolute atomic E-state index is 0.214. The molecule has 0 aliphatic heterocycles. The number of hydrogen-bond acceptors (Lipinski definition) is 3. The first-order valence-electron chi connectivity index (χ1n) is 6.94. The molecular formula is C16H15Cl2N3O3. The zero-order valence-electron chi connectivity index (χ0n) is 12.7. The van der Waals surface area contributed by atoms with E-state index in [-0.39, 0.29) is 18.5 Å². The smallest absolute Gasteiger partial charge is 0.318 e. The Kier molecular flexibility index (Phi) is 6.28. The fourth-order valence-electron chi connectivity index (χ4n) is 1.80. The predicted octanol–water partition coefficient (Wildman–Crippen LogP) is 3.76. The van der Waals surface area contributed by atoms with Gasteiger partial charge >= 0.3 is 6.03 Å². The number of nitrogens with one attached hydrogen (secondary N) is 3. The van der Waals surface area contributed by atoms with Crippen molar-refractivity contribution in [1.29, 1.82) is 0 Å². The highest BCUT2D eigenvalue weighted by atomic mass is 35.5. The summed E-state index contributed by atoms with van der Waals surface area (Å²) < 4.78 is 5.36. The summed E-state index contributed by atoms with van der Waals surface area (Å²) >= 11 is 11.8. The molecule has 2 aromatic rings. The molecule has 8 heteroatoms. The summed E-state index contributed by atoms with van der Waals surface area (Å²) in [4.78, 5) is 23.2. The largest absolute Gasteiger partial charge is 0.482 e. The van der Waals surface area contributed by atoms with Gasteiger partial charge < -0.3 is 20.7 Å². The molecule has 0 aliphatic rings. The summed E-state index contributed by atoms with van der Waals surface area (Å²) in [6.07, 6.45) is 0. The molecule has 2 aromatic carbocycles. The third kappa shape index (κ3) is 5.33. The van der Waals surface area contributed by atoms with Gasteiger partial charge in [0.05, 0.1) is 5.02 Å². The molecule has 126 valence electrons. The molecule has 0 radical (unpaired) electrons. The van der Waals surface area contributed by atoms with Crippen molar-refractivity contribution in [2.45, 2.75) is 0 Å². The van der Waals surface area contributed by atoms with Crippen molar-refractivity contribution in [3.63, 3.8) is 0 Å². The van der Waals surface area contributed by atoms with Gasteiger partial charge in [0.1, 0.15) is 5.75 Å². The number of halogens is 2. The Bertz CT molecular complexity index is 753. The van der Waals surface area contributed by atoms with Crippen LogP contribution < -0.4 is 20.7 Å². The second-order valence-electron chi connectivity index (χ2n) is 4.70. The molecule has 0 saturated heterocycles. The van der Waals surface area contributed by atoms with Crippen molar-refractivity contribution < 1.29 is 14.3 Å². The minimum Gasteiger partial charge on any atom is -0.482 e. The highest BCUT2D eigenvalue weighted by Crippen LogP contribution is 2.27. The topological polar surface area (TPSA) is 79.5 Å². The lowest BCUT2D eigenvalue weighted by Gasteiger charge is -2.10. The maximum atomic E-state index is 11.9. The van der Waals surface area contributed by atoms with Gasteiger partial charge in [-0.15, -0.1) is 0 Å². The van der Waals surface area contributed by atoms with Crippen LogP contribution in [-0.2, 0) is 4.79 Å². The van der Waals surface area contributed by atoms with Crippen molar-refractivity contribution in [3.8, 4) is 5.75 Å². The van der Waals surface area contributed by atoms with Crippen LogP contribution in [0.25, 0.3) is 0 Å². The quantitative estimate of drug-likeness (QED) is 0.752. The lowest BCUT2D eigenvalue weighted by atomic mass is 10.2. The Morgan fingerprint density at radius 2 is 1.75 bits per heavy atom. The van der Waals surface area contributed by atoms with Gasteiger partial charge in [0.15, 0.2) is 6.61 Å². The highest BCUT2D eigenvalue weighted by molar-refractivity contribution is 6.35. The van der Waals surface area contributed by atoms with Gasteiger partial charge in [0, 0.05) is 23.4 Å². The molecular weight excluding hydrogens is 353 g/mol. The molecule has 3 amide bonds. The molecule has 0 heterocycles. The number of rotatable bonds is 5. The summed E-state index contributed by atoms with van der Waals surface area (Å²) in [5.41, 5.74) is 1.08. The molecule has 0 bridgehead atoms. The highest BCUT2D eigenvalue weighted by Gasteiger charge is 2.08. The third-order valence-electron chi connectivity index (χ3n) is 2.88. The van der Waals surface area contributed by atoms with Gasteiger partial charge in [0.2, 0.25) is 0 Å². The van der Waals surface area contributed by atoms with E-state index >= 15 is 0 Å². The first-order chi connectivity index (χ1) is 11.5. The van der Waals surface area contributed by atoms with Crippen LogP contribution in [0.15, 0.2) is 42.5 Å². The molecule has 2 rings (SSSR count). The lowest BCUT2D eigenvalue weighted by Crippen LogP contribution is -2.24. The summed E-state index contributed by atoms with van der Waals surface area (Å²) in [5, 5.41) is 8.53. The normalized spacial score (nSPS) is 9.96. The van der Waals surface area contributed by atoms with E-state index in [1.807, 2.05) is 0 Å². The SMILES string of the molecule is CNC(=O)Nc1cccc(NC(=O)COc2ccc(Cl)cc2Cl)c1. The lowest BCUT2D eigenvalue weighted by molar-refractivity contribution is -0.118. The molecule has 0 aliphatic carbocycles. The fourth-order valence-corrected chi connectivity index (χ4v) is 2.26. The Labute approximate surface area is 149 Å². The third-order valence-corrected chi connectivity index (χ3v) is 3.41. The predicted molar refractivity (Wildman–Crippen MR) is 95.1 cm³/mol. The van der Waals surface area contributed by atoms with Crippen LogP contribution >= 0.6 is 23.2 Å². The summed E-state index contributed by atoms with van der Waals surface area (Å²) in [5.74, 6) is 0.00404. The van der Waals surface area contributed by atoms with Crippen LogP contribution in [0.3, 0.4) is 0 Å². The molecule has 0 unspecified atom stereocenters. The average molecular weight is 368 g/mol. The Morgan fingerprint density at radius 3 is 2.42 bits per heavy atom. The Morgan fingerprint density at radius 1 is 1.04 bits per heavy atom. The standard InChI is InChI=1S/C16H15Cl2N3O3/c1-19-16(23)21-12-4-2-3-11(8-12)20-15(22)9-24-14-6-5-10(17)7-13(14)18/h2-8H,9H2,1H3,(H,20,22)(H2,19,21,23). The van der Waals surface area contributed by atoms with Crippen molar-refractivity contribution in [1.82, 2.24) is 5.32 Å². The number of anilines is 2. The molecule has 0 spiro atoms. The number of benzene rings is 2. The summed E-state index contributed by atoms with van der Waals surface area (Å²) in [7, 11) is 1.51. The van der Waals surface area contributed by atoms with E-state index in [0.29, 0.717) is 27.2 Å². The van der Waals surface area contributed by atoms with Gasteiger partial charge in [-0.25, -0.2) is 4.79 Å². The van der Waals surface area contributed by atoms with Crippen LogP contribution in [0.5, 0.6) is 5.75 Å². The van der Waals surface area contributed by atoms with Crippen LogP contribution in [0.4, 0.5) is 16.2 Å². The Hall–Kier alpha value is -2.44. The number of carbonyl (C=O) groups is 2. The van der Waals surface area contributed by atoms with Crippen LogP contribution in [0.2, 0.25) is 10.0 Å². The second-order valence-corrected chi connectivity index (χ2v) is 5.54. The van der Waals surface area contributed by atoms with Crippen LogP contribution in [-0.4, -0.2) is 25.6 Å². The van der Waals surface area contributed by atoms with Crippen molar-refractivity contribution >= 4 is 46.5 Å². The van der Waals surface area contributed by atoms with Gasteiger partial charge in [-0.3, -0.25) is 4.79 Å². The van der Waals surface area contributed by atoms with E-state index in [4.69, 9.17) is 27.9 Å². The maximum Gasteiger partial charge on any atom is 0.318 e. The van der Waals surface area contributed by atoms with E-state index in [1.165, 1.54) is 13.1 Å². The monoisotopic (exact) mass is 367 g/mol. The average Bonchev–Trinajstić information content (AvgIpc) is 2.54. The Balaban J connectivity index is 1.92. The molecule has 24 heavy (non-hydrogen) atoms. The van der Waals surface area contributed by atoms with Crippen molar-refractivity contribution in [2.75, 3.05) is 24.3 Å². The second kappa shape index (κ2) is 8.42. The molecule has 0 fully saturated rings. The van der Waals surface area contributed by atoms with E-state index in [9.17, 15) is 9.59 Å². The molecule has 0 saturated carbocycles. The van der Waals surface area contributed by atoms with Gasteiger partial charge in [-0.2, -0.15) is 0 Å².